The molecule has 150 valence electrons. The number of nitrogens with one attached hydrogen (secondary N) is 2. The first kappa shape index (κ1) is 20.6. The van der Waals surface area contributed by atoms with E-state index in [1.807, 2.05) is 32.0 Å². The second kappa shape index (κ2) is 9.88. The van der Waals surface area contributed by atoms with E-state index in [1.165, 1.54) is 18.1 Å². The number of H-pyrrole nitrogens is 1. The zero-order valence-electron chi connectivity index (χ0n) is 16.4. The van der Waals surface area contributed by atoms with E-state index in [0.29, 0.717) is 40.8 Å². The second-order valence-electron chi connectivity index (χ2n) is 6.25. The highest BCUT2D eigenvalue weighted by Crippen LogP contribution is 2.22. The quantitative estimate of drug-likeness (QED) is 0.552. The van der Waals surface area contributed by atoms with Crippen LogP contribution in [0.4, 0.5) is 5.69 Å². The van der Waals surface area contributed by atoms with Crippen molar-refractivity contribution in [2.45, 2.75) is 24.8 Å². The van der Waals surface area contributed by atoms with Gasteiger partial charge in [0.05, 0.1) is 0 Å². The summed E-state index contributed by atoms with van der Waals surface area (Å²) < 4.78 is 0. The molecule has 0 saturated heterocycles. The minimum atomic E-state index is -0.193. The topological polar surface area (TPSA) is 91.0 Å². The van der Waals surface area contributed by atoms with E-state index in [1.54, 1.807) is 35.2 Å². The number of hydrogen-bond acceptors (Lipinski definition) is 5. The van der Waals surface area contributed by atoms with Crippen molar-refractivity contribution in [2.24, 2.45) is 0 Å². The van der Waals surface area contributed by atoms with Crippen LogP contribution in [0.1, 0.15) is 40.1 Å². The Kier molecular flexibility index (Phi) is 7.02. The van der Waals surface area contributed by atoms with Gasteiger partial charge in [0.15, 0.2) is 5.16 Å². The van der Waals surface area contributed by atoms with Crippen molar-refractivity contribution in [3.8, 4) is 0 Å². The van der Waals surface area contributed by atoms with Crippen molar-refractivity contribution in [1.82, 2.24) is 20.1 Å². The summed E-state index contributed by atoms with van der Waals surface area (Å²) in [6.45, 7) is 5.23. The zero-order valence-corrected chi connectivity index (χ0v) is 17.2. The number of carbonyl (C=O) groups excluding carboxylic acids is 2. The molecular weight excluding hydrogens is 386 g/mol. The van der Waals surface area contributed by atoms with Crippen LogP contribution in [0.15, 0.2) is 60.0 Å². The lowest BCUT2D eigenvalue weighted by Crippen LogP contribution is -2.30. The number of aromatic amines is 1. The molecule has 0 atom stereocenters. The summed E-state index contributed by atoms with van der Waals surface area (Å²) in [4.78, 5) is 31.0. The van der Waals surface area contributed by atoms with Gasteiger partial charge in [-0.3, -0.25) is 14.7 Å². The number of benzene rings is 2. The van der Waals surface area contributed by atoms with Gasteiger partial charge in [0, 0.05) is 35.7 Å². The molecule has 0 radical (unpaired) electrons. The molecule has 0 unspecified atom stereocenters. The van der Waals surface area contributed by atoms with Gasteiger partial charge in [-0.05, 0) is 49.7 Å². The normalized spacial score (nSPS) is 10.6. The minimum Gasteiger partial charge on any atom is -0.339 e. The Morgan fingerprint density at radius 2 is 1.79 bits per heavy atom. The zero-order chi connectivity index (χ0) is 20.6. The molecule has 2 N–H and O–H groups in total. The van der Waals surface area contributed by atoms with Crippen molar-refractivity contribution in [3.05, 3.63) is 71.5 Å². The first-order valence-corrected chi connectivity index (χ1v) is 10.4. The van der Waals surface area contributed by atoms with Crippen molar-refractivity contribution >= 4 is 29.3 Å². The number of carbonyl (C=O) groups is 2. The highest BCUT2D eigenvalue weighted by Gasteiger charge is 2.14. The standard InChI is InChI=1S/C21H23N5O2S/c1-3-26(4-2)20(28)15-9-11-17(12-10-15)24-19(27)18-8-6-5-7-16(18)13-29-21-22-14-23-25-21/h5-12,14H,3-4,13H2,1-2H3,(H,24,27)(H,22,23,25). The minimum absolute atomic E-state index is 0.0114. The highest BCUT2D eigenvalue weighted by molar-refractivity contribution is 7.98. The fraction of sp³-hybridized carbons (Fsp3) is 0.238. The largest absolute Gasteiger partial charge is 0.339 e. The van der Waals surface area contributed by atoms with Gasteiger partial charge in [0.2, 0.25) is 0 Å². The predicted octanol–water partition coefficient (Wildman–Crippen LogP) is 3.83. The van der Waals surface area contributed by atoms with Crippen LogP contribution in [0.25, 0.3) is 0 Å². The van der Waals surface area contributed by atoms with E-state index in [4.69, 9.17) is 0 Å². The lowest BCUT2D eigenvalue weighted by molar-refractivity contribution is 0.0773. The summed E-state index contributed by atoms with van der Waals surface area (Å²) in [6, 6.07) is 14.4. The van der Waals surface area contributed by atoms with Gasteiger partial charge < -0.3 is 10.2 Å². The first-order valence-electron chi connectivity index (χ1n) is 9.39. The summed E-state index contributed by atoms with van der Waals surface area (Å²) in [5.41, 5.74) is 2.75. The summed E-state index contributed by atoms with van der Waals surface area (Å²) in [5, 5.41) is 10.2. The maximum Gasteiger partial charge on any atom is 0.255 e. The van der Waals surface area contributed by atoms with Crippen LogP contribution in [-0.2, 0) is 5.75 Å². The fourth-order valence-corrected chi connectivity index (χ4v) is 3.65. The lowest BCUT2D eigenvalue weighted by Gasteiger charge is -2.18. The van der Waals surface area contributed by atoms with Gasteiger partial charge in [-0.15, -0.1) is 0 Å². The maximum absolute atomic E-state index is 12.8. The van der Waals surface area contributed by atoms with E-state index in [0.717, 1.165) is 5.56 Å². The number of rotatable bonds is 8. The van der Waals surface area contributed by atoms with Crippen molar-refractivity contribution in [2.75, 3.05) is 18.4 Å². The Morgan fingerprint density at radius 1 is 1.07 bits per heavy atom. The summed E-state index contributed by atoms with van der Waals surface area (Å²) in [6.07, 6.45) is 1.45. The van der Waals surface area contributed by atoms with Crippen molar-refractivity contribution in [3.63, 3.8) is 0 Å². The summed E-state index contributed by atoms with van der Waals surface area (Å²) >= 11 is 1.48. The summed E-state index contributed by atoms with van der Waals surface area (Å²) in [7, 11) is 0. The van der Waals surface area contributed by atoms with Gasteiger partial charge in [-0.1, -0.05) is 30.0 Å². The molecule has 0 bridgehead atoms. The third-order valence-electron chi connectivity index (χ3n) is 4.46. The van der Waals surface area contributed by atoms with Gasteiger partial charge in [-0.2, -0.15) is 5.10 Å². The molecule has 0 aliphatic heterocycles. The lowest BCUT2D eigenvalue weighted by atomic mass is 10.1. The molecule has 3 rings (SSSR count). The van der Waals surface area contributed by atoms with Crippen LogP contribution in [0.3, 0.4) is 0 Å². The van der Waals surface area contributed by atoms with Crippen LogP contribution >= 0.6 is 11.8 Å². The molecule has 8 heteroatoms. The average molecular weight is 410 g/mol. The monoisotopic (exact) mass is 409 g/mol. The van der Waals surface area contributed by atoms with Crippen LogP contribution < -0.4 is 5.32 Å². The molecule has 0 saturated carbocycles. The molecular formula is C21H23N5O2S. The van der Waals surface area contributed by atoms with Gasteiger partial charge in [-0.25, -0.2) is 4.98 Å². The Balaban J connectivity index is 1.68. The molecule has 0 fully saturated rings. The molecule has 2 amide bonds. The molecule has 7 nitrogen and oxygen atoms in total. The van der Waals surface area contributed by atoms with Crippen molar-refractivity contribution in [1.29, 1.82) is 0 Å². The number of anilines is 1. The average Bonchev–Trinajstić information content (AvgIpc) is 3.27. The fourth-order valence-electron chi connectivity index (χ4n) is 2.87. The van der Waals surface area contributed by atoms with E-state index < -0.39 is 0 Å². The number of aromatic nitrogens is 3. The smallest absolute Gasteiger partial charge is 0.255 e. The number of hydrogen-bond donors (Lipinski definition) is 2. The van der Waals surface area contributed by atoms with Crippen LogP contribution in [0, 0.1) is 0 Å². The van der Waals surface area contributed by atoms with E-state index in [2.05, 4.69) is 20.5 Å². The van der Waals surface area contributed by atoms with E-state index in [-0.39, 0.29) is 11.8 Å². The van der Waals surface area contributed by atoms with Gasteiger partial charge in [0.25, 0.3) is 11.8 Å². The SMILES string of the molecule is CCN(CC)C(=O)c1ccc(NC(=O)c2ccccc2CSc2ncn[nH]2)cc1. The van der Waals surface area contributed by atoms with Crippen LogP contribution in [0.5, 0.6) is 0 Å². The van der Waals surface area contributed by atoms with E-state index in [9.17, 15) is 9.59 Å². The molecule has 2 aromatic carbocycles. The molecule has 0 aliphatic carbocycles. The number of nitrogens with zero attached hydrogens (tertiary/aromatic N) is 3. The maximum atomic E-state index is 12.8. The predicted molar refractivity (Wildman–Crippen MR) is 114 cm³/mol. The van der Waals surface area contributed by atoms with Gasteiger partial charge in [0.1, 0.15) is 6.33 Å². The Bertz CT molecular complexity index is 953. The molecule has 0 spiro atoms. The van der Waals surface area contributed by atoms with Crippen molar-refractivity contribution < 1.29 is 9.59 Å². The highest BCUT2D eigenvalue weighted by atomic mass is 32.2. The molecule has 29 heavy (non-hydrogen) atoms. The molecule has 0 aliphatic rings. The van der Waals surface area contributed by atoms with E-state index >= 15 is 0 Å². The molecule has 3 aromatic rings. The Labute approximate surface area is 173 Å². The summed E-state index contributed by atoms with van der Waals surface area (Å²) in [5.74, 6) is 0.389. The third-order valence-corrected chi connectivity index (χ3v) is 5.39. The third kappa shape index (κ3) is 5.23. The number of thioether (sulfide) groups is 1. The Morgan fingerprint density at radius 3 is 2.45 bits per heavy atom. The van der Waals surface area contributed by atoms with Crippen LogP contribution in [-0.4, -0.2) is 45.0 Å². The van der Waals surface area contributed by atoms with Gasteiger partial charge >= 0.3 is 0 Å². The second-order valence-corrected chi connectivity index (χ2v) is 7.21. The van der Waals surface area contributed by atoms with Crippen LogP contribution in [0.2, 0.25) is 0 Å². The Hall–Kier alpha value is -3.13. The number of amides is 2. The molecule has 1 heterocycles. The first-order chi connectivity index (χ1) is 14.1. The molecule has 1 aromatic heterocycles.